The first-order valence-corrected chi connectivity index (χ1v) is 5.81. The van der Waals surface area contributed by atoms with Gasteiger partial charge in [0.25, 0.3) is 0 Å². The van der Waals surface area contributed by atoms with E-state index < -0.39 is 0 Å². The van der Waals surface area contributed by atoms with E-state index in [9.17, 15) is 0 Å². The molecule has 90 valence electrons. The summed E-state index contributed by atoms with van der Waals surface area (Å²) in [6, 6.07) is 8.45. The zero-order valence-electron chi connectivity index (χ0n) is 11.0. The van der Waals surface area contributed by atoms with Crippen molar-refractivity contribution in [3.05, 3.63) is 66.4 Å². The highest BCUT2D eigenvalue weighted by Crippen LogP contribution is 2.19. The van der Waals surface area contributed by atoms with Gasteiger partial charge in [-0.15, -0.1) is 6.58 Å². The summed E-state index contributed by atoms with van der Waals surface area (Å²) in [6.45, 7) is 11.9. The van der Waals surface area contributed by atoms with Gasteiger partial charge in [-0.25, -0.2) is 0 Å². The van der Waals surface area contributed by atoms with E-state index in [2.05, 4.69) is 62.5 Å². The number of benzene rings is 1. The number of anilines is 1. The minimum Gasteiger partial charge on any atom is -0.351 e. The molecule has 0 saturated heterocycles. The molecule has 0 spiro atoms. The van der Waals surface area contributed by atoms with Crippen molar-refractivity contribution in [3.8, 4) is 0 Å². The van der Waals surface area contributed by atoms with E-state index in [1.165, 1.54) is 16.8 Å². The van der Waals surface area contributed by atoms with E-state index in [-0.39, 0.29) is 0 Å². The van der Waals surface area contributed by atoms with Crippen molar-refractivity contribution in [1.82, 2.24) is 0 Å². The van der Waals surface area contributed by atoms with Gasteiger partial charge in [0.15, 0.2) is 0 Å². The van der Waals surface area contributed by atoms with Gasteiger partial charge in [-0.1, -0.05) is 30.4 Å². The lowest BCUT2D eigenvalue weighted by molar-refractivity contribution is 1.12. The van der Waals surface area contributed by atoms with Gasteiger partial charge in [0, 0.05) is 18.9 Å². The summed E-state index contributed by atoms with van der Waals surface area (Å²) in [5.41, 5.74) is 4.75. The Morgan fingerprint density at radius 3 is 2.65 bits per heavy atom. The second-order valence-corrected chi connectivity index (χ2v) is 4.38. The Hall–Kier alpha value is -1.76. The highest BCUT2D eigenvalue weighted by molar-refractivity contribution is 5.51. The predicted molar refractivity (Wildman–Crippen MR) is 77.3 cm³/mol. The molecule has 0 aliphatic rings. The predicted octanol–water partition coefficient (Wildman–Crippen LogP) is 4.47. The van der Waals surface area contributed by atoms with Gasteiger partial charge in [0.1, 0.15) is 0 Å². The lowest BCUT2D eigenvalue weighted by Crippen LogP contribution is -2.09. The molecule has 17 heavy (non-hydrogen) atoms. The quantitative estimate of drug-likeness (QED) is 0.530. The van der Waals surface area contributed by atoms with E-state index in [1.54, 1.807) is 0 Å². The highest BCUT2D eigenvalue weighted by atomic mass is 15.1. The fourth-order valence-electron chi connectivity index (χ4n) is 1.65. The van der Waals surface area contributed by atoms with Gasteiger partial charge in [-0.05, 0) is 43.5 Å². The van der Waals surface area contributed by atoms with Gasteiger partial charge in [0.2, 0.25) is 0 Å². The van der Waals surface area contributed by atoms with E-state index in [0.717, 1.165) is 12.0 Å². The molecule has 0 unspecified atom stereocenters. The van der Waals surface area contributed by atoms with Crippen LogP contribution < -0.4 is 4.90 Å². The number of nitrogens with zero attached hydrogens (tertiary/aromatic N) is 1. The number of aryl methyl sites for hydroxylation is 1. The van der Waals surface area contributed by atoms with Crippen LogP contribution in [0.4, 0.5) is 5.69 Å². The molecular weight excluding hydrogens is 206 g/mol. The van der Waals surface area contributed by atoms with Gasteiger partial charge in [-0.3, -0.25) is 0 Å². The summed E-state index contributed by atoms with van der Waals surface area (Å²) in [5, 5.41) is 0. The van der Waals surface area contributed by atoms with E-state index in [0.29, 0.717) is 0 Å². The fourth-order valence-corrected chi connectivity index (χ4v) is 1.65. The van der Waals surface area contributed by atoms with Crippen molar-refractivity contribution in [2.45, 2.75) is 20.3 Å². The van der Waals surface area contributed by atoms with Crippen molar-refractivity contribution in [3.63, 3.8) is 0 Å². The van der Waals surface area contributed by atoms with E-state index in [1.807, 2.05) is 13.0 Å². The summed E-state index contributed by atoms with van der Waals surface area (Å²) in [6.07, 6.45) is 4.88. The molecule has 0 aliphatic heterocycles. The van der Waals surface area contributed by atoms with Gasteiger partial charge in [0.05, 0.1) is 0 Å². The van der Waals surface area contributed by atoms with E-state index in [4.69, 9.17) is 0 Å². The van der Waals surface area contributed by atoms with Crippen LogP contribution in [0.1, 0.15) is 18.9 Å². The summed E-state index contributed by atoms with van der Waals surface area (Å²) >= 11 is 0. The third-order valence-corrected chi connectivity index (χ3v) is 2.67. The highest BCUT2D eigenvalue weighted by Gasteiger charge is 2.01. The third-order valence-electron chi connectivity index (χ3n) is 2.67. The SMILES string of the molecule is C=CC/C(=C\N(C)c1cccc(C)c1)C(=C)C. The Kier molecular flexibility index (Phi) is 4.77. The Labute approximate surface area is 105 Å². The first-order valence-electron chi connectivity index (χ1n) is 5.81. The Morgan fingerprint density at radius 1 is 1.41 bits per heavy atom. The minimum atomic E-state index is 0.853. The molecule has 0 heterocycles. The summed E-state index contributed by atoms with van der Waals surface area (Å²) < 4.78 is 0. The van der Waals surface area contributed by atoms with E-state index >= 15 is 0 Å². The van der Waals surface area contributed by atoms with Crippen LogP contribution in [0.2, 0.25) is 0 Å². The fraction of sp³-hybridized carbons (Fsp3) is 0.250. The maximum atomic E-state index is 4.00. The molecule has 1 rings (SSSR count). The number of hydrogen-bond donors (Lipinski definition) is 0. The molecule has 0 atom stereocenters. The first kappa shape index (κ1) is 13.3. The lowest BCUT2D eigenvalue weighted by Gasteiger charge is -2.17. The van der Waals surface area contributed by atoms with Crippen LogP contribution in [0.25, 0.3) is 0 Å². The normalized spacial score (nSPS) is 11.1. The molecule has 1 aromatic rings. The maximum absolute atomic E-state index is 4.00. The Morgan fingerprint density at radius 2 is 2.12 bits per heavy atom. The second kappa shape index (κ2) is 6.09. The number of hydrogen-bond acceptors (Lipinski definition) is 1. The van der Waals surface area contributed by atoms with Crippen LogP contribution in [0.15, 0.2) is 60.8 Å². The largest absolute Gasteiger partial charge is 0.351 e. The Balaban J connectivity index is 2.95. The molecule has 1 nitrogen and oxygen atoms in total. The van der Waals surface area contributed by atoms with Gasteiger partial charge in [-0.2, -0.15) is 0 Å². The van der Waals surface area contributed by atoms with Crippen LogP contribution in [0.3, 0.4) is 0 Å². The lowest BCUT2D eigenvalue weighted by atomic mass is 10.1. The van der Waals surface area contributed by atoms with Gasteiger partial charge >= 0.3 is 0 Å². The molecular formula is C16H21N. The molecule has 1 heteroatoms. The minimum absolute atomic E-state index is 0.853. The average Bonchev–Trinajstić information content (AvgIpc) is 2.28. The van der Waals surface area contributed by atoms with Crippen molar-refractivity contribution in [1.29, 1.82) is 0 Å². The van der Waals surface area contributed by atoms with Crippen molar-refractivity contribution in [2.75, 3.05) is 11.9 Å². The summed E-state index contributed by atoms with van der Waals surface area (Å²) in [7, 11) is 2.06. The molecule has 0 fully saturated rings. The summed E-state index contributed by atoms with van der Waals surface area (Å²) in [4.78, 5) is 2.13. The van der Waals surface area contributed by atoms with Crippen LogP contribution in [0, 0.1) is 6.92 Å². The molecule has 0 bridgehead atoms. The number of rotatable bonds is 5. The topological polar surface area (TPSA) is 3.24 Å². The molecule has 0 aromatic heterocycles. The third kappa shape index (κ3) is 3.95. The van der Waals surface area contributed by atoms with Crippen molar-refractivity contribution < 1.29 is 0 Å². The average molecular weight is 227 g/mol. The Bertz CT molecular complexity index is 441. The van der Waals surface area contributed by atoms with Crippen LogP contribution in [-0.2, 0) is 0 Å². The van der Waals surface area contributed by atoms with Crippen LogP contribution in [-0.4, -0.2) is 7.05 Å². The van der Waals surface area contributed by atoms with Crippen LogP contribution in [0.5, 0.6) is 0 Å². The maximum Gasteiger partial charge on any atom is 0.0406 e. The summed E-state index contributed by atoms with van der Waals surface area (Å²) in [5.74, 6) is 0. The van der Waals surface area contributed by atoms with Crippen molar-refractivity contribution >= 4 is 5.69 Å². The monoisotopic (exact) mass is 227 g/mol. The smallest absolute Gasteiger partial charge is 0.0406 e. The second-order valence-electron chi connectivity index (χ2n) is 4.38. The zero-order valence-corrected chi connectivity index (χ0v) is 11.0. The molecule has 0 N–H and O–H groups in total. The molecule has 0 amide bonds. The zero-order chi connectivity index (χ0) is 12.8. The molecule has 0 radical (unpaired) electrons. The van der Waals surface area contributed by atoms with Crippen molar-refractivity contribution in [2.24, 2.45) is 0 Å². The number of allylic oxidation sites excluding steroid dienone is 3. The van der Waals surface area contributed by atoms with Gasteiger partial charge < -0.3 is 4.90 Å². The molecule has 1 aromatic carbocycles. The first-order chi connectivity index (χ1) is 8.04. The van der Waals surface area contributed by atoms with Crippen LogP contribution >= 0.6 is 0 Å². The molecule has 0 saturated carbocycles. The molecule has 0 aliphatic carbocycles. The standard InChI is InChI=1S/C16H21N/c1-6-8-15(13(2)3)12-17(5)16-10-7-9-14(4)11-16/h6-7,9-12H,1-2,8H2,3-5H3/b15-12+.